The molecule has 0 bridgehead atoms. The highest BCUT2D eigenvalue weighted by atomic mass is 35.5. The van der Waals surface area contributed by atoms with Gasteiger partial charge in [-0.2, -0.15) is 0 Å². The van der Waals surface area contributed by atoms with Gasteiger partial charge in [0, 0.05) is 31.9 Å². The Hall–Kier alpha value is -2.11. The van der Waals surface area contributed by atoms with Crippen molar-refractivity contribution in [2.75, 3.05) is 43.0 Å². The summed E-state index contributed by atoms with van der Waals surface area (Å²) in [6.45, 7) is 5.40. The number of amides is 2. The molecule has 5 nitrogen and oxygen atoms in total. The number of para-hydroxylation sites is 1. The van der Waals surface area contributed by atoms with Crippen LogP contribution in [0.4, 0.5) is 16.2 Å². The van der Waals surface area contributed by atoms with E-state index < -0.39 is 0 Å². The summed E-state index contributed by atoms with van der Waals surface area (Å²) in [6.07, 6.45) is 0. The summed E-state index contributed by atoms with van der Waals surface area (Å²) in [6, 6.07) is 13.0. The van der Waals surface area contributed by atoms with Crippen molar-refractivity contribution in [3.63, 3.8) is 0 Å². The van der Waals surface area contributed by atoms with Gasteiger partial charge in [-0.1, -0.05) is 29.3 Å². The number of benzene rings is 2. The molecule has 3 rings (SSSR count). The average molecular weight is 394 g/mol. The van der Waals surface area contributed by atoms with Gasteiger partial charge in [0.05, 0.1) is 22.3 Å². The largest absolute Gasteiger partial charge is 0.494 e. The van der Waals surface area contributed by atoms with Gasteiger partial charge >= 0.3 is 6.03 Å². The Morgan fingerprint density at radius 3 is 2.23 bits per heavy atom. The minimum Gasteiger partial charge on any atom is -0.494 e. The monoisotopic (exact) mass is 393 g/mol. The molecule has 2 aromatic carbocycles. The van der Waals surface area contributed by atoms with E-state index in [1.807, 2.05) is 31.2 Å². The molecule has 0 atom stereocenters. The van der Waals surface area contributed by atoms with E-state index in [4.69, 9.17) is 27.9 Å². The predicted octanol–water partition coefficient (Wildman–Crippen LogP) is 4.75. The number of ether oxygens (including phenoxy) is 1. The minimum absolute atomic E-state index is 0.189. The topological polar surface area (TPSA) is 44.8 Å². The number of nitrogens with one attached hydrogen (secondary N) is 1. The maximum atomic E-state index is 12.5. The molecule has 1 saturated heterocycles. The number of nitrogens with zero attached hydrogens (tertiary/aromatic N) is 2. The maximum absolute atomic E-state index is 12.5. The van der Waals surface area contributed by atoms with Crippen molar-refractivity contribution < 1.29 is 9.53 Å². The molecule has 2 amide bonds. The molecule has 2 aromatic rings. The molecule has 138 valence electrons. The van der Waals surface area contributed by atoms with Crippen molar-refractivity contribution in [3.8, 4) is 5.75 Å². The third kappa shape index (κ3) is 4.34. The lowest BCUT2D eigenvalue weighted by molar-refractivity contribution is 0.208. The second kappa shape index (κ2) is 8.52. The number of anilines is 2. The number of hydrogen-bond acceptors (Lipinski definition) is 3. The first-order valence-corrected chi connectivity index (χ1v) is 9.32. The molecule has 1 aliphatic heterocycles. The van der Waals surface area contributed by atoms with Crippen molar-refractivity contribution in [1.29, 1.82) is 0 Å². The number of carbonyl (C=O) groups excluding carboxylic acids is 1. The summed E-state index contributed by atoms with van der Waals surface area (Å²) in [4.78, 5) is 16.5. The van der Waals surface area contributed by atoms with Crippen LogP contribution < -0.4 is 15.0 Å². The van der Waals surface area contributed by atoms with E-state index in [-0.39, 0.29) is 6.03 Å². The highest BCUT2D eigenvalue weighted by molar-refractivity contribution is 6.39. The standard InChI is InChI=1S/C19H21Cl2N3O2/c1-2-26-15-8-6-14(7-9-15)23-10-12-24(13-11-23)19(25)22-18-16(20)4-3-5-17(18)21/h3-9H,2,10-13H2,1H3,(H,22,25). The van der Waals surface area contributed by atoms with Crippen molar-refractivity contribution in [2.24, 2.45) is 0 Å². The van der Waals surface area contributed by atoms with E-state index in [2.05, 4.69) is 10.2 Å². The third-order valence-corrected chi connectivity index (χ3v) is 4.90. The smallest absolute Gasteiger partial charge is 0.322 e. The van der Waals surface area contributed by atoms with E-state index in [1.54, 1.807) is 23.1 Å². The molecule has 7 heteroatoms. The van der Waals surface area contributed by atoms with E-state index in [1.165, 1.54) is 0 Å². The molecule has 0 radical (unpaired) electrons. The number of urea groups is 1. The zero-order chi connectivity index (χ0) is 18.5. The first-order valence-electron chi connectivity index (χ1n) is 8.56. The molecule has 26 heavy (non-hydrogen) atoms. The summed E-state index contributed by atoms with van der Waals surface area (Å²) in [5.41, 5.74) is 1.58. The lowest BCUT2D eigenvalue weighted by Gasteiger charge is -2.36. The van der Waals surface area contributed by atoms with E-state index >= 15 is 0 Å². The van der Waals surface area contributed by atoms with Crippen molar-refractivity contribution >= 4 is 40.6 Å². The molecular formula is C19H21Cl2N3O2. The Morgan fingerprint density at radius 2 is 1.65 bits per heavy atom. The normalized spacial score (nSPS) is 14.3. The predicted molar refractivity (Wildman–Crippen MR) is 107 cm³/mol. The van der Waals surface area contributed by atoms with Crippen molar-refractivity contribution in [3.05, 3.63) is 52.5 Å². The number of rotatable bonds is 4. The molecule has 0 spiro atoms. The zero-order valence-corrected chi connectivity index (χ0v) is 16.1. The van der Waals surface area contributed by atoms with Gasteiger partial charge < -0.3 is 19.9 Å². The van der Waals surface area contributed by atoms with E-state index in [0.717, 1.165) is 24.5 Å². The van der Waals surface area contributed by atoms with Crippen LogP contribution in [0.3, 0.4) is 0 Å². The maximum Gasteiger partial charge on any atom is 0.322 e. The molecule has 0 aliphatic carbocycles. The van der Waals surface area contributed by atoms with Crippen molar-refractivity contribution in [2.45, 2.75) is 6.92 Å². The summed E-state index contributed by atoms with van der Waals surface area (Å²) in [5.74, 6) is 0.867. The zero-order valence-electron chi connectivity index (χ0n) is 14.5. The molecule has 0 unspecified atom stereocenters. The van der Waals surface area contributed by atoms with Gasteiger partial charge in [-0.15, -0.1) is 0 Å². The molecule has 1 N–H and O–H groups in total. The fraction of sp³-hybridized carbons (Fsp3) is 0.316. The summed E-state index contributed by atoms with van der Waals surface area (Å²) >= 11 is 12.2. The summed E-state index contributed by atoms with van der Waals surface area (Å²) in [5, 5.41) is 3.67. The van der Waals surface area contributed by atoms with Gasteiger partial charge in [0.2, 0.25) is 0 Å². The Bertz CT molecular complexity index is 740. The van der Waals surface area contributed by atoms with Crippen LogP contribution in [-0.2, 0) is 0 Å². The van der Waals surface area contributed by atoms with Gasteiger partial charge in [-0.05, 0) is 43.3 Å². The molecule has 1 aliphatic rings. The summed E-state index contributed by atoms with van der Waals surface area (Å²) in [7, 11) is 0. The Morgan fingerprint density at radius 1 is 1.04 bits per heavy atom. The van der Waals surface area contributed by atoms with Gasteiger partial charge in [0.15, 0.2) is 0 Å². The quantitative estimate of drug-likeness (QED) is 0.814. The second-order valence-corrected chi connectivity index (χ2v) is 6.74. The van der Waals surface area contributed by atoms with Crippen LogP contribution in [0.15, 0.2) is 42.5 Å². The van der Waals surface area contributed by atoms with Gasteiger partial charge in [-0.25, -0.2) is 4.79 Å². The summed E-state index contributed by atoms with van der Waals surface area (Å²) < 4.78 is 5.47. The number of carbonyl (C=O) groups is 1. The molecule has 0 saturated carbocycles. The minimum atomic E-state index is -0.189. The van der Waals surface area contributed by atoms with E-state index in [9.17, 15) is 4.79 Å². The van der Waals surface area contributed by atoms with Crippen LogP contribution in [0.25, 0.3) is 0 Å². The molecule has 0 aromatic heterocycles. The SMILES string of the molecule is CCOc1ccc(N2CCN(C(=O)Nc3c(Cl)cccc3Cl)CC2)cc1. The fourth-order valence-corrected chi connectivity index (χ4v) is 3.38. The van der Waals surface area contributed by atoms with E-state index in [0.29, 0.717) is 35.4 Å². The van der Waals surface area contributed by atoms with Crippen molar-refractivity contribution in [1.82, 2.24) is 4.90 Å². The van der Waals surface area contributed by atoms with Crippen LogP contribution in [0, 0.1) is 0 Å². The molecule has 1 fully saturated rings. The van der Waals surface area contributed by atoms with Crippen LogP contribution in [0.2, 0.25) is 10.0 Å². The first-order chi connectivity index (χ1) is 12.6. The van der Waals surface area contributed by atoms with Crippen LogP contribution in [0.1, 0.15) is 6.92 Å². The second-order valence-electron chi connectivity index (χ2n) is 5.93. The van der Waals surface area contributed by atoms with Crippen LogP contribution in [0.5, 0.6) is 5.75 Å². The highest BCUT2D eigenvalue weighted by Crippen LogP contribution is 2.30. The van der Waals surface area contributed by atoms with Crippen LogP contribution in [-0.4, -0.2) is 43.7 Å². The Balaban J connectivity index is 1.57. The van der Waals surface area contributed by atoms with Gasteiger partial charge in [0.1, 0.15) is 5.75 Å². The fourth-order valence-electron chi connectivity index (χ4n) is 2.89. The third-order valence-electron chi connectivity index (χ3n) is 4.27. The number of piperazine rings is 1. The average Bonchev–Trinajstić information content (AvgIpc) is 2.66. The molecular weight excluding hydrogens is 373 g/mol. The molecule has 1 heterocycles. The van der Waals surface area contributed by atoms with Gasteiger partial charge in [0.25, 0.3) is 0 Å². The lowest BCUT2D eigenvalue weighted by Crippen LogP contribution is -2.50. The van der Waals surface area contributed by atoms with Crippen LogP contribution >= 0.6 is 23.2 Å². The Labute approximate surface area is 163 Å². The number of hydrogen-bond donors (Lipinski definition) is 1. The van der Waals surface area contributed by atoms with Gasteiger partial charge in [-0.3, -0.25) is 0 Å². The Kier molecular flexibility index (Phi) is 6.12. The highest BCUT2D eigenvalue weighted by Gasteiger charge is 2.22. The first kappa shape index (κ1) is 18.7. The lowest BCUT2D eigenvalue weighted by atomic mass is 10.2. The number of halogens is 2.